The number of carbonyl (C=O) groups is 1. The summed E-state index contributed by atoms with van der Waals surface area (Å²) >= 11 is 0. The molecule has 1 aliphatic rings. The van der Waals surface area contributed by atoms with Gasteiger partial charge in [0.15, 0.2) is 17.4 Å². The second-order valence-electron chi connectivity index (χ2n) is 5.76. The van der Waals surface area contributed by atoms with Gasteiger partial charge in [0.2, 0.25) is 0 Å². The molecule has 1 aromatic rings. The fourth-order valence-corrected chi connectivity index (χ4v) is 2.54. The standard InChI is InChI=1S/C18H16F6O2/c1-3-5-10-6-8-12(15(20)14(10)19)16(25)26-13-9-7-11(4-2)17(21,22)18(13,23)24/h6-9H,3-5H2,1-2H3. The van der Waals surface area contributed by atoms with Crippen LogP contribution in [0.1, 0.15) is 42.6 Å². The molecule has 0 atom stereocenters. The highest BCUT2D eigenvalue weighted by molar-refractivity contribution is 5.90. The van der Waals surface area contributed by atoms with Crippen molar-refractivity contribution in [2.45, 2.75) is 45.0 Å². The molecule has 0 saturated carbocycles. The van der Waals surface area contributed by atoms with Crippen molar-refractivity contribution in [1.82, 2.24) is 0 Å². The van der Waals surface area contributed by atoms with Crippen LogP contribution in [0.25, 0.3) is 0 Å². The minimum absolute atomic E-state index is 0.00539. The van der Waals surface area contributed by atoms with Gasteiger partial charge in [-0.25, -0.2) is 13.6 Å². The Labute approximate surface area is 146 Å². The van der Waals surface area contributed by atoms with Crippen LogP contribution in [0.15, 0.2) is 35.6 Å². The highest BCUT2D eigenvalue weighted by Gasteiger charge is 2.63. The largest absolute Gasteiger partial charge is 0.421 e. The summed E-state index contributed by atoms with van der Waals surface area (Å²) in [4.78, 5) is 11.9. The third-order valence-corrected chi connectivity index (χ3v) is 4.03. The van der Waals surface area contributed by atoms with Crippen molar-refractivity contribution in [3.8, 4) is 0 Å². The Balaban J connectivity index is 2.35. The van der Waals surface area contributed by atoms with E-state index in [0.717, 1.165) is 18.2 Å². The number of hydrogen-bond donors (Lipinski definition) is 0. The molecule has 0 aromatic heterocycles. The van der Waals surface area contributed by atoms with Crippen molar-refractivity contribution in [2.75, 3.05) is 0 Å². The van der Waals surface area contributed by atoms with E-state index < -0.39 is 46.3 Å². The van der Waals surface area contributed by atoms with Crippen LogP contribution in [-0.4, -0.2) is 17.8 Å². The summed E-state index contributed by atoms with van der Waals surface area (Å²) in [5.74, 6) is -15.5. The van der Waals surface area contributed by atoms with Crippen molar-refractivity contribution in [3.05, 3.63) is 58.4 Å². The molecule has 8 heteroatoms. The monoisotopic (exact) mass is 378 g/mol. The number of halogens is 6. The summed E-state index contributed by atoms with van der Waals surface area (Å²) in [6, 6.07) is 1.99. The van der Waals surface area contributed by atoms with Crippen molar-refractivity contribution >= 4 is 5.97 Å². The third-order valence-electron chi connectivity index (χ3n) is 4.03. The van der Waals surface area contributed by atoms with Crippen LogP contribution in [0, 0.1) is 11.6 Å². The van der Waals surface area contributed by atoms with Gasteiger partial charge in [-0.15, -0.1) is 0 Å². The normalized spacial score (nSPS) is 18.2. The molecule has 1 aromatic carbocycles. The van der Waals surface area contributed by atoms with Crippen LogP contribution in [0.4, 0.5) is 26.3 Å². The molecule has 26 heavy (non-hydrogen) atoms. The Bertz CT molecular complexity index is 780. The van der Waals surface area contributed by atoms with E-state index in [1.165, 1.54) is 6.92 Å². The Morgan fingerprint density at radius 1 is 1.00 bits per heavy atom. The van der Waals surface area contributed by atoms with Crippen LogP contribution in [-0.2, 0) is 11.2 Å². The minimum atomic E-state index is -4.79. The summed E-state index contributed by atoms with van der Waals surface area (Å²) in [6.07, 6.45) is 1.65. The van der Waals surface area contributed by atoms with Gasteiger partial charge in [-0.3, -0.25) is 0 Å². The summed E-state index contributed by atoms with van der Waals surface area (Å²) < 4.78 is 87.9. The molecule has 0 bridgehead atoms. The second-order valence-corrected chi connectivity index (χ2v) is 5.76. The first-order valence-corrected chi connectivity index (χ1v) is 7.94. The van der Waals surface area contributed by atoms with Crippen LogP contribution in [0.5, 0.6) is 0 Å². The van der Waals surface area contributed by atoms with Crippen LogP contribution >= 0.6 is 0 Å². The summed E-state index contributed by atoms with van der Waals surface area (Å²) in [5.41, 5.74) is -1.78. The molecule has 0 saturated heterocycles. The average molecular weight is 378 g/mol. The first kappa shape index (κ1) is 20.1. The highest BCUT2D eigenvalue weighted by atomic mass is 19.3. The number of esters is 1. The summed E-state index contributed by atoms with van der Waals surface area (Å²) in [7, 11) is 0. The highest BCUT2D eigenvalue weighted by Crippen LogP contribution is 2.48. The van der Waals surface area contributed by atoms with Crippen LogP contribution < -0.4 is 0 Å². The smallest absolute Gasteiger partial charge is 0.370 e. The molecule has 2 nitrogen and oxygen atoms in total. The lowest BCUT2D eigenvalue weighted by molar-refractivity contribution is -0.181. The van der Waals surface area contributed by atoms with Gasteiger partial charge in [-0.2, -0.15) is 17.6 Å². The van der Waals surface area contributed by atoms with Gasteiger partial charge in [0.05, 0.1) is 5.56 Å². The Morgan fingerprint density at radius 3 is 2.23 bits per heavy atom. The minimum Gasteiger partial charge on any atom is -0.421 e. The van der Waals surface area contributed by atoms with Gasteiger partial charge in [0.1, 0.15) is 0 Å². The molecule has 1 aliphatic carbocycles. The number of alkyl halides is 4. The quantitative estimate of drug-likeness (QED) is 0.494. The molecule has 0 fully saturated rings. The van der Waals surface area contributed by atoms with E-state index in [4.69, 9.17) is 0 Å². The number of hydrogen-bond acceptors (Lipinski definition) is 2. The van der Waals surface area contributed by atoms with Crippen molar-refractivity contribution in [3.63, 3.8) is 0 Å². The molecule has 2 rings (SSSR count). The number of rotatable bonds is 5. The van der Waals surface area contributed by atoms with Gasteiger partial charge in [0, 0.05) is 5.57 Å². The zero-order valence-electron chi connectivity index (χ0n) is 14.0. The molecular weight excluding hydrogens is 362 g/mol. The van der Waals surface area contributed by atoms with Crippen molar-refractivity contribution in [2.24, 2.45) is 0 Å². The number of allylic oxidation sites excluding steroid dienone is 4. The van der Waals surface area contributed by atoms with Gasteiger partial charge in [0.25, 0.3) is 0 Å². The lowest BCUT2D eigenvalue weighted by Gasteiger charge is -2.31. The van der Waals surface area contributed by atoms with Gasteiger partial charge < -0.3 is 4.74 Å². The molecule has 0 heterocycles. The Kier molecular flexibility index (Phi) is 5.53. The van der Waals surface area contributed by atoms with Gasteiger partial charge in [-0.05, 0) is 30.5 Å². The first-order chi connectivity index (χ1) is 12.1. The van der Waals surface area contributed by atoms with E-state index in [1.54, 1.807) is 6.92 Å². The van der Waals surface area contributed by atoms with E-state index in [9.17, 15) is 31.1 Å². The fraction of sp³-hybridized carbons (Fsp3) is 0.389. The number of aryl methyl sites for hydroxylation is 1. The number of carbonyl (C=O) groups excluding carboxylic acids is 1. The first-order valence-electron chi connectivity index (χ1n) is 7.94. The molecule has 0 amide bonds. The Morgan fingerprint density at radius 2 is 1.65 bits per heavy atom. The molecule has 0 unspecified atom stereocenters. The Hall–Kier alpha value is -2.25. The second kappa shape index (κ2) is 7.17. The fourth-order valence-electron chi connectivity index (χ4n) is 2.54. The lowest BCUT2D eigenvalue weighted by atomic mass is 9.93. The predicted molar refractivity (Wildman–Crippen MR) is 82.1 cm³/mol. The average Bonchev–Trinajstić information content (AvgIpc) is 2.57. The molecule has 142 valence electrons. The maximum atomic E-state index is 14.0. The predicted octanol–water partition coefficient (Wildman–Crippen LogP) is 5.58. The van der Waals surface area contributed by atoms with Crippen molar-refractivity contribution < 1.29 is 35.9 Å². The summed E-state index contributed by atoms with van der Waals surface area (Å²) in [6.45, 7) is 3.01. The van der Waals surface area contributed by atoms with E-state index in [1.807, 2.05) is 0 Å². The molecular formula is C18H16F6O2. The molecule has 0 N–H and O–H groups in total. The van der Waals surface area contributed by atoms with Crippen molar-refractivity contribution in [1.29, 1.82) is 0 Å². The summed E-state index contributed by atoms with van der Waals surface area (Å²) in [5, 5.41) is 0. The van der Waals surface area contributed by atoms with E-state index in [2.05, 4.69) is 4.74 Å². The van der Waals surface area contributed by atoms with Crippen LogP contribution in [0.3, 0.4) is 0 Å². The van der Waals surface area contributed by atoms with Crippen LogP contribution in [0.2, 0.25) is 0 Å². The van der Waals surface area contributed by atoms with Gasteiger partial charge >= 0.3 is 17.8 Å². The lowest BCUT2D eigenvalue weighted by Crippen LogP contribution is -2.46. The molecule has 0 radical (unpaired) electrons. The van der Waals surface area contributed by atoms with E-state index in [0.29, 0.717) is 12.5 Å². The zero-order valence-corrected chi connectivity index (χ0v) is 14.0. The van der Waals surface area contributed by atoms with Gasteiger partial charge in [-0.1, -0.05) is 32.4 Å². The SMILES string of the molecule is CCCc1ccc(C(=O)OC2=CC=C(CC)C(F)(F)C2(F)F)c(F)c1F. The maximum absolute atomic E-state index is 14.0. The van der Waals surface area contributed by atoms with E-state index >= 15 is 0 Å². The molecule has 0 spiro atoms. The third kappa shape index (κ3) is 3.24. The maximum Gasteiger partial charge on any atom is 0.370 e. The molecule has 0 aliphatic heterocycles. The van der Waals surface area contributed by atoms with E-state index in [-0.39, 0.29) is 18.4 Å². The number of benzene rings is 1. The number of ether oxygens (including phenoxy) is 1. The topological polar surface area (TPSA) is 26.3 Å². The zero-order chi connectivity index (χ0) is 19.7.